The van der Waals surface area contributed by atoms with Crippen molar-refractivity contribution in [3.05, 3.63) is 69.3 Å². The monoisotopic (exact) mass is 412 g/mol. The largest absolute Gasteiger partial charge is 0.573 e. The number of aryl methyl sites for hydroxylation is 1. The third-order valence-corrected chi connectivity index (χ3v) is 3.61. The fourth-order valence-corrected chi connectivity index (χ4v) is 2.26. The van der Waals surface area contributed by atoms with Crippen molar-refractivity contribution < 1.29 is 37.2 Å². The number of amides is 1. The van der Waals surface area contributed by atoms with Crippen molar-refractivity contribution in [1.82, 2.24) is 5.32 Å². The number of rotatable bonds is 7. The number of hydrogen-bond donors (Lipinski definition) is 1. The number of benzene rings is 2. The minimum atomic E-state index is -4.80. The zero-order valence-corrected chi connectivity index (χ0v) is 15.0. The molecule has 0 bridgehead atoms. The van der Waals surface area contributed by atoms with Gasteiger partial charge >= 0.3 is 12.3 Å². The molecule has 8 nitrogen and oxygen atoms in total. The standard InChI is InChI=1S/C18H15F3N2O6/c1-11-8-13(4-7-15(11)23(26)27)17(25)22-9-16(24)28-10-12-2-5-14(6-3-12)29-18(19,20)21/h2-8H,9-10H2,1H3,(H,22,25). The predicted molar refractivity (Wildman–Crippen MR) is 93.1 cm³/mol. The Morgan fingerprint density at radius 2 is 1.79 bits per heavy atom. The summed E-state index contributed by atoms with van der Waals surface area (Å²) in [7, 11) is 0. The second kappa shape index (κ2) is 9.04. The van der Waals surface area contributed by atoms with Gasteiger partial charge in [-0.2, -0.15) is 0 Å². The SMILES string of the molecule is Cc1cc(C(=O)NCC(=O)OCc2ccc(OC(F)(F)F)cc2)ccc1[N+](=O)[O-]. The first kappa shape index (κ1) is 21.7. The van der Waals surface area contributed by atoms with E-state index in [1.807, 2.05) is 0 Å². The molecule has 0 fully saturated rings. The summed E-state index contributed by atoms with van der Waals surface area (Å²) in [5, 5.41) is 13.1. The summed E-state index contributed by atoms with van der Waals surface area (Å²) in [5.74, 6) is -1.79. The lowest BCUT2D eigenvalue weighted by molar-refractivity contribution is -0.385. The molecule has 29 heavy (non-hydrogen) atoms. The van der Waals surface area contributed by atoms with Crippen LogP contribution in [0.1, 0.15) is 21.5 Å². The van der Waals surface area contributed by atoms with Gasteiger partial charge in [0.15, 0.2) is 0 Å². The van der Waals surface area contributed by atoms with Gasteiger partial charge in [-0.15, -0.1) is 13.2 Å². The first-order valence-electron chi connectivity index (χ1n) is 8.09. The molecule has 0 radical (unpaired) electrons. The van der Waals surface area contributed by atoms with Gasteiger partial charge in [0.25, 0.3) is 11.6 Å². The molecule has 0 heterocycles. The lowest BCUT2D eigenvalue weighted by atomic mass is 10.1. The lowest BCUT2D eigenvalue weighted by Gasteiger charge is -2.10. The predicted octanol–water partition coefficient (Wildman–Crippen LogP) is 3.28. The molecular formula is C18H15F3N2O6. The Labute approximate surface area is 162 Å². The first-order valence-corrected chi connectivity index (χ1v) is 8.09. The topological polar surface area (TPSA) is 108 Å². The van der Waals surface area contributed by atoms with E-state index in [0.29, 0.717) is 11.1 Å². The van der Waals surface area contributed by atoms with E-state index in [4.69, 9.17) is 4.74 Å². The van der Waals surface area contributed by atoms with Crippen LogP contribution in [0.4, 0.5) is 18.9 Å². The molecule has 2 rings (SSSR count). The lowest BCUT2D eigenvalue weighted by Crippen LogP contribution is -2.30. The van der Waals surface area contributed by atoms with Gasteiger partial charge in [-0.25, -0.2) is 0 Å². The molecule has 0 aromatic heterocycles. The maximum Gasteiger partial charge on any atom is 0.573 e. The molecule has 0 unspecified atom stereocenters. The quantitative estimate of drug-likeness (QED) is 0.425. The van der Waals surface area contributed by atoms with Crippen LogP contribution in [0.5, 0.6) is 5.75 Å². The second-order valence-electron chi connectivity index (χ2n) is 5.79. The molecule has 2 aromatic carbocycles. The number of halogens is 3. The average molecular weight is 412 g/mol. The molecule has 1 amide bonds. The van der Waals surface area contributed by atoms with Crippen LogP contribution in [0.25, 0.3) is 0 Å². The number of nitrogens with zero attached hydrogens (tertiary/aromatic N) is 1. The van der Waals surface area contributed by atoms with Gasteiger partial charge in [-0.1, -0.05) is 12.1 Å². The van der Waals surface area contributed by atoms with Crippen molar-refractivity contribution in [2.75, 3.05) is 6.54 Å². The van der Waals surface area contributed by atoms with Gasteiger partial charge in [0.2, 0.25) is 0 Å². The highest BCUT2D eigenvalue weighted by Gasteiger charge is 2.30. The third kappa shape index (κ3) is 6.79. The van der Waals surface area contributed by atoms with E-state index in [2.05, 4.69) is 10.1 Å². The van der Waals surface area contributed by atoms with Crippen LogP contribution in [0.2, 0.25) is 0 Å². The van der Waals surface area contributed by atoms with Gasteiger partial charge < -0.3 is 14.8 Å². The summed E-state index contributed by atoms with van der Waals surface area (Å²) in [4.78, 5) is 33.9. The molecule has 2 aromatic rings. The number of ether oxygens (including phenoxy) is 2. The Kier molecular flexibility index (Phi) is 6.75. The maximum absolute atomic E-state index is 12.1. The Morgan fingerprint density at radius 3 is 2.34 bits per heavy atom. The highest BCUT2D eigenvalue weighted by Crippen LogP contribution is 2.23. The van der Waals surface area contributed by atoms with Crippen LogP contribution in [-0.4, -0.2) is 29.7 Å². The second-order valence-corrected chi connectivity index (χ2v) is 5.79. The van der Waals surface area contributed by atoms with Crippen LogP contribution in [0.3, 0.4) is 0 Å². The molecule has 0 atom stereocenters. The zero-order chi connectivity index (χ0) is 21.6. The molecule has 154 valence electrons. The number of carbonyl (C=O) groups is 2. The van der Waals surface area contributed by atoms with Crippen molar-refractivity contribution >= 4 is 17.6 Å². The van der Waals surface area contributed by atoms with E-state index in [-0.39, 0.29) is 17.9 Å². The Morgan fingerprint density at radius 1 is 1.14 bits per heavy atom. The molecule has 0 aliphatic carbocycles. The molecular weight excluding hydrogens is 397 g/mol. The molecule has 1 N–H and O–H groups in total. The third-order valence-electron chi connectivity index (χ3n) is 3.61. The van der Waals surface area contributed by atoms with E-state index in [1.165, 1.54) is 37.3 Å². The summed E-state index contributed by atoms with van der Waals surface area (Å²) >= 11 is 0. The number of nitrogens with one attached hydrogen (secondary N) is 1. The van der Waals surface area contributed by atoms with Crippen LogP contribution in [-0.2, 0) is 16.1 Å². The molecule has 0 saturated heterocycles. The Hall–Kier alpha value is -3.63. The van der Waals surface area contributed by atoms with Gasteiger partial charge in [-0.05, 0) is 36.8 Å². The minimum absolute atomic E-state index is 0.132. The van der Waals surface area contributed by atoms with Crippen molar-refractivity contribution in [3.8, 4) is 5.75 Å². The number of esters is 1. The molecule has 0 aliphatic rings. The fourth-order valence-electron chi connectivity index (χ4n) is 2.26. The van der Waals surface area contributed by atoms with Crippen molar-refractivity contribution in [2.24, 2.45) is 0 Å². The summed E-state index contributed by atoms with van der Waals surface area (Å²) in [6, 6.07) is 8.53. The van der Waals surface area contributed by atoms with Crippen LogP contribution >= 0.6 is 0 Å². The van der Waals surface area contributed by atoms with Crippen LogP contribution < -0.4 is 10.1 Å². The Bertz CT molecular complexity index is 913. The number of nitro groups is 1. The normalized spacial score (nSPS) is 10.9. The smallest absolute Gasteiger partial charge is 0.460 e. The van der Waals surface area contributed by atoms with Crippen molar-refractivity contribution in [3.63, 3.8) is 0 Å². The Balaban J connectivity index is 1.81. The van der Waals surface area contributed by atoms with E-state index in [9.17, 15) is 32.9 Å². The molecule has 0 saturated carbocycles. The fraction of sp³-hybridized carbons (Fsp3) is 0.222. The first-order chi connectivity index (χ1) is 13.5. The molecule has 0 spiro atoms. The minimum Gasteiger partial charge on any atom is -0.460 e. The van der Waals surface area contributed by atoms with Crippen molar-refractivity contribution in [2.45, 2.75) is 19.9 Å². The zero-order valence-electron chi connectivity index (χ0n) is 15.0. The average Bonchev–Trinajstić information content (AvgIpc) is 2.63. The molecule has 11 heteroatoms. The summed E-state index contributed by atoms with van der Waals surface area (Å²) in [6.07, 6.45) is -4.80. The van der Waals surface area contributed by atoms with Gasteiger partial charge in [-0.3, -0.25) is 19.7 Å². The van der Waals surface area contributed by atoms with E-state index in [1.54, 1.807) is 0 Å². The van der Waals surface area contributed by atoms with E-state index < -0.39 is 35.5 Å². The number of hydrogen-bond acceptors (Lipinski definition) is 6. The number of alkyl halides is 3. The van der Waals surface area contributed by atoms with Crippen LogP contribution in [0.15, 0.2) is 42.5 Å². The summed E-state index contributed by atoms with van der Waals surface area (Å²) in [5.41, 5.74) is 0.724. The molecule has 0 aliphatic heterocycles. The number of nitro benzene ring substituents is 1. The van der Waals surface area contributed by atoms with Gasteiger partial charge in [0.05, 0.1) is 4.92 Å². The maximum atomic E-state index is 12.1. The van der Waals surface area contributed by atoms with Gasteiger partial charge in [0.1, 0.15) is 18.9 Å². The van der Waals surface area contributed by atoms with E-state index >= 15 is 0 Å². The van der Waals surface area contributed by atoms with E-state index in [0.717, 1.165) is 12.1 Å². The summed E-state index contributed by atoms with van der Waals surface area (Å²) in [6.45, 7) is 0.815. The highest BCUT2D eigenvalue weighted by molar-refractivity contribution is 5.96. The number of carbonyl (C=O) groups excluding carboxylic acids is 2. The highest BCUT2D eigenvalue weighted by atomic mass is 19.4. The summed E-state index contributed by atoms with van der Waals surface area (Å²) < 4.78 is 44.9. The van der Waals surface area contributed by atoms with Crippen LogP contribution in [0, 0.1) is 17.0 Å². The van der Waals surface area contributed by atoms with Crippen molar-refractivity contribution in [1.29, 1.82) is 0 Å². The van der Waals surface area contributed by atoms with Gasteiger partial charge in [0, 0.05) is 17.2 Å².